The van der Waals surface area contributed by atoms with Gasteiger partial charge in [0.25, 0.3) is 11.8 Å². The fourth-order valence-corrected chi connectivity index (χ4v) is 3.19. The molecular weight excluding hydrogens is 350 g/mol. The van der Waals surface area contributed by atoms with E-state index in [1.165, 1.54) is 6.26 Å². The van der Waals surface area contributed by atoms with E-state index in [9.17, 15) is 9.59 Å². The highest BCUT2D eigenvalue weighted by Gasteiger charge is 2.26. The van der Waals surface area contributed by atoms with Gasteiger partial charge < -0.3 is 24.1 Å². The van der Waals surface area contributed by atoms with Crippen LogP contribution in [0.4, 0.5) is 11.4 Å². The van der Waals surface area contributed by atoms with Gasteiger partial charge in [-0.1, -0.05) is 0 Å². The van der Waals surface area contributed by atoms with Crippen LogP contribution >= 0.6 is 0 Å². The largest absolute Gasteiger partial charge is 0.482 e. The molecule has 1 saturated heterocycles. The van der Waals surface area contributed by atoms with Crippen molar-refractivity contribution in [2.45, 2.75) is 0 Å². The summed E-state index contributed by atoms with van der Waals surface area (Å²) < 4.78 is 16.0. The minimum Gasteiger partial charge on any atom is -0.482 e. The number of hydrogen-bond acceptors (Lipinski definition) is 6. The lowest BCUT2D eigenvalue weighted by atomic mass is 10.2. The van der Waals surface area contributed by atoms with E-state index in [0.717, 1.165) is 32.8 Å². The fourth-order valence-electron chi connectivity index (χ4n) is 3.19. The monoisotopic (exact) mass is 371 g/mol. The number of nitrogens with zero attached hydrogens (tertiary/aromatic N) is 2. The summed E-state index contributed by atoms with van der Waals surface area (Å²) in [6.45, 7) is 4.51. The van der Waals surface area contributed by atoms with Crippen molar-refractivity contribution in [2.24, 2.45) is 0 Å². The van der Waals surface area contributed by atoms with Crippen LogP contribution < -0.4 is 15.0 Å². The van der Waals surface area contributed by atoms with E-state index >= 15 is 0 Å². The fraction of sp³-hybridized carbons (Fsp3) is 0.368. The lowest BCUT2D eigenvalue weighted by Crippen LogP contribution is -2.45. The number of furan rings is 1. The molecule has 0 unspecified atom stereocenters. The maximum absolute atomic E-state index is 12.4. The highest BCUT2D eigenvalue weighted by molar-refractivity contribution is 6.03. The first-order valence-electron chi connectivity index (χ1n) is 8.93. The Morgan fingerprint density at radius 2 is 2.00 bits per heavy atom. The van der Waals surface area contributed by atoms with Crippen LogP contribution in [0.25, 0.3) is 0 Å². The van der Waals surface area contributed by atoms with Crippen molar-refractivity contribution < 1.29 is 23.5 Å². The first kappa shape index (κ1) is 17.6. The molecular formula is C19H21N3O5. The molecule has 27 heavy (non-hydrogen) atoms. The summed E-state index contributed by atoms with van der Waals surface area (Å²) in [6, 6.07) is 8.51. The maximum Gasteiger partial charge on any atom is 0.291 e. The number of benzene rings is 1. The third kappa shape index (κ3) is 3.96. The van der Waals surface area contributed by atoms with Crippen molar-refractivity contribution in [3.63, 3.8) is 0 Å². The summed E-state index contributed by atoms with van der Waals surface area (Å²) in [7, 11) is 0. The molecule has 3 heterocycles. The van der Waals surface area contributed by atoms with Gasteiger partial charge in [0.2, 0.25) is 0 Å². The van der Waals surface area contributed by atoms with E-state index in [1.54, 1.807) is 35.2 Å². The maximum atomic E-state index is 12.4. The third-order valence-corrected chi connectivity index (χ3v) is 4.65. The van der Waals surface area contributed by atoms with Crippen LogP contribution in [0.1, 0.15) is 10.6 Å². The van der Waals surface area contributed by atoms with Crippen LogP contribution in [0.15, 0.2) is 41.0 Å². The molecule has 0 atom stereocenters. The molecule has 8 nitrogen and oxygen atoms in total. The van der Waals surface area contributed by atoms with Crippen LogP contribution in [0.2, 0.25) is 0 Å². The van der Waals surface area contributed by atoms with Crippen LogP contribution in [-0.2, 0) is 9.53 Å². The van der Waals surface area contributed by atoms with Gasteiger partial charge in [-0.3, -0.25) is 14.5 Å². The average molecular weight is 371 g/mol. The Morgan fingerprint density at radius 3 is 2.78 bits per heavy atom. The molecule has 0 aliphatic carbocycles. The van der Waals surface area contributed by atoms with E-state index in [1.807, 2.05) is 0 Å². The van der Waals surface area contributed by atoms with Crippen LogP contribution in [0.3, 0.4) is 0 Å². The first-order chi connectivity index (χ1) is 13.2. The molecule has 4 rings (SSSR count). The number of anilines is 2. The molecule has 1 aromatic heterocycles. The van der Waals surface area contributed by atoms with Crippen molar-refractivity contribution in [3.05, 3.63) is 42.4 Å². The molecule has 0 spiro atoms. The summed E-state index contributed by atoms with van der Waals surface area (Å²) in [4.78, 5) is 28.6. The van der Waals surface area contributed by atoms with E-state index < -0.39 is 0 Å². The van der Waals surface area contributed by atoms with Gasteiger partial charge in [0.1, 0.15) is 5.75 Å². The topological polar surface area (TPSA) is 84.2 Å². The highest BCUT2D eigenvalue weighted by atomic mass is 16.5. The van der Waals surface area contributed by atoms with Gasteiger partial charge in [-0.15, -0.1) is 0 Å². The third-order valence-electron chi connectivity index (χ3n) is 4.65. The Balaban J connectivity index is 1.49. The van der Waals surface area contributed by atoms with Crippen molar-refractivity contribution in [1.82, 2.24) is 4.90 Å². The van der Waals surface area contributed by atoms with Gasteiger partial charge in [0, 0.05) is 31.9 Å². The Morgan fingerprint density at radius 1 is 1.15 bits per heavy atom. The number of hydrogen-bond donors (Lipinski definition) is 1. The van der Waals surface area contributed by atoms with Gasteiger partial charge in [-0.05, 0) is 30.3 Å². The number of rotatable bonds is 5. The molecule has 2 amide bonds. The van der Waals surface area contributed by atoms with Gasteiger partial charge >= 0.3 is 0 Å². The molecule has 1 N–H and O–H groups in total. The number of nitrogens with one attached hydrogen (secondary N) is 1. The Kier molecular flexibility index (Phi) is 5.08. The standard InChI is InChI=1S/C19H21N3O5/c23-18-13-27-16-4-3-14(20-19(24)17-2-1-9-26-17)12-15(16)22(18)6-5-21-7-10-25-11-8-21/h1-4,9,12H,5-8,10-11,13H2,(H,20,24). The van der Waals surface area contributed by atoms with Crippen LogP contribution in [0, 0.1) is 0 Å². The zero-order chi connectivity index (χ0) is 18.6. The van der Waals surface area contributed by atoms with Crippen molar-refractivity contribution in [1.29, 1.82) is 0 Å². The summed E-state index contributed by atoms with van der Waals surface area (Å²) in [5, 5.41) is 2.78. The molecule has 2 aliphatic rings. The summed E-state index contributed by atoms with van der Waals surface area (Å²) >= 11 is 0. The predicted octanol–water partition coefficient (Wildman–Crippen LogP) is 1.59. The molecule has 2 aromatic rings. The quantitative estimate of drug-likeness (QED) is 0.859. The zero-order valence-corrected chi connectivity index (χ0v) is 14.8. The Hall–Kier alpha value is -2.84. The average Bonchev–Trinajstić information content (AvgIpc) is 3.23. The van der Waals surface area contributed by atoms with E-state index in [4.69, 9.17) is 13.9 Å². The molecule has 0 saturated carbocycles. The molecule has 8 heteroatoms. The van der Waals surface area contributed by atoms with Crippen LogP contribution in [0.5, 0.6) is 5.75 Å². The predicted molar refractivity (Wildman–Crippen MR) is 98.2 cm³/mol. The first-order valence-corrected chi connectivity index (χ1v) is 8.93. The van der Waals surface area contributed by atoms with Gasteiger partial charge in [-0.25, -0.2) is 0 Å². The van der Waals surface area contributed by atoms with Gasteiger partial charge in [0.05, 0.1) is 25.2 Å². The summed E-state index contributed by atoms with van der Waals surface area (Å²) in [6.07, 6.45) is 1.45. The van der Waals surface area contributed by atoms with Gasteiger partial charge in [-0.2, -0.15) is 0 Å². The minimum absolute atomic E-state index is 0.0220. The van der Waals surface area contributed by atoms with Crippen LogP contribution in [-0.4, -0.2) is 62.7 Å². The number of ether oxygens (including phenoxy) is 2. The number of carbonyl (C=O) groups is 2. The zero-order valence-electron chi connectivity index (χ0n) is 14.8. The molecule has 2 aliphatic heterocycles. The summed E-state index contributed by atoms with van der Waals surface area (Å²) in [5.74, 6) is 0.421. The molecule has 1 fully saturated rings. The number of fused-ring (bicyclic) bond motifs is 1. The lowest BCUT2D eigenvalue weighted by molar-refractivity contribution is -0.121. The molecule has 0 radical (unpaired) electrons. The molecule has 1 aromatic carbocycles. The van der Waals surface area contributed by atoms with E-state index in [2.05, 4.69) is 10.2 Å². The van der Waals surface area contributed by atoms with Gasteiger partial charge in [0.15, 0.2) is 12.4 Å². The number of carbonyl (C=O) groups excluding carboxylic acids is 2. The summed E-state index contributed by atoms with van der Waals surface area (Å²) in [5.41, 5.74) is 1.24. The lowest BCUT2D eigenvalue weighted by Gasteiger charge is -2.33. The normalized spacial score (nSPS) is 17.3. The van der Waals surface area contributed by atoms with E-state index in [0.29, 0.717) is 23.7 Å². The highest BCUT2D eigenvalue weighted by Crippen LogP contribution is 2.34. The second-order valence-corrected chi connectivity index (χ2v) is 6.40. The molecule has 0 bridgehead atoms. The van der Waals surface area contributed by atoms with Crippen molar-refractivity contribution in [2.75, 3.05) is 56.2 Å². The second kappa shape index (κ2) is 7.81. The minimum atomic E-state index is -0.345. The Labute approximate surface area is 156 Å². The molecule has 142 valence electrons. The number of amides is 2. The van der Waals surface area contributed by atoms with Crippen molar-refractivity contribution >= 4 is 23.2 Å². The SMILES string of the molecule is O=C(Nc1ccc2c(c1)N(CCN1CCOCC1)C(=O)CO2)c1ccco1. The van der Waals surface area contributed by atoms with E-state index in [-0.39, 0.29) is 24.2 Å². The smallest absolute Gasteiger partial charge is 0.291 e. The number of morpholine rings is 1. The second-order valence-electron chi connectivity index (χ2n) is 6.40. The van der Waals surface area contributed by atoms with Crippen molar-refractivity contribution in [3.8, 4) is 5.75 Å². The Bertz CT molecular complexity index is 815.